The van der Waals surface area contributed by atoms with Crippen LogP contribution in [0.2, 0.25) is 0 Å². The first-order chi connectivity index (χ1) is 17.2. The molecule has 8 heteroatoms. The van der Waals surface area contributed by atoms with E-state index in [9.17, 15) is 4.79 Å². The number of amides is 1. The van der Waals surface area contributed by atoms with E-state index in [-0.39, 0.29) is 5.91 Å². The number of rotatable bonds is 7. The molecule has 0 aliphatic heterocycles. The average Bonchev–Trinajstić information content (AvgIpc) is 2.92. The molecule has 1 amide bonds. The van der Waals surface area contributed by atoms with Crippen LogP contribution in [0, 0.1) is 0 Å². The molecule has 0 fully saturated rings. The van der Waals surface area contributed by atoms with Crippen molar-refractivity contribution in [2.75, 3.05) is 16.9 Å². The normalized spacial score (nSPS) is 10.8. The van der Waals surface area contributed by atoms with Gasteiger partial charge in [0.15, 0.2) is 5.16 Å². The summed E-state index contributed by atoms with van der Waals surface area (Å²) in [5.74, 6) is 0.209. The van der Waals surface area contributed by atoms with E-state index in [1.807, 2.05) is 66.9 Å². The molecule has 0 saturated heterocycles. The molecule has 0 saturated carbocycles. The summed E-state index contributed by atoms with van der Waals surface area (Å²) in [6, 6.07) is 23.1. The predicted molar refractivity (Wildman–Crippen MR) is 141 cm³/mol. The number of nitrogens with one attached hydrogen (secondary N) is 2. The molecule has 35 heavy (non-hydrogen) atoms. The summed E-state index contributed by atoms with van der Waals surface area (Å²) >= 11 is 1.43. The number of carbonyl (C=O) groups excluding carboxylic acids is 1. The van der Waals surface area contributed by atoms with Crippen molar-refractivity contribution < 1.29 is 4.79 Å². The first kappa shape index (κ1) is 22.5. The van der Waals surface area contributed by atoms with Crippen LogP contribution in [-0.4, -0.2) is 32.1 Å². The molecule has 2 N–H and O–H groups in total. The van der Waals surface area contributed by atoms with Crippen molar-refractivity contribution in [2.24, 2.45) is 0 Å². The molecule has 172 valence electrons. The molecule has 5 aromatic rings. The topological polar surface area (TPSA) is 92.7 Å². The van der Waals surface area contributed by atoms with Crippen LogP contribution in [0.5, 0.6) is 0 Å². The molecule has 7 nitrogen and oxygen atoms in total. The van der Waals surface area contributed by atoms with Crippen molar-refractivity contribution in [1.29, 1.82) is 0 Å². The third-order valence-electron chi connectivity index (χ3n) is 5.45. The molecule has 0 aliphatic carbocycles. The highest BCUT2D eigenvalue weighted by molar-refractivity contribution is 7.98. The summed E-state index contributed by atoms with van der Waals surface area (Å²) < 4.78 is 0. The zero-order chi connectivity index (χ0) is 24.0. The first-order valence-electron chi connectivity index (χ1n) is 11.0. The SMILES string of the molecule is CSc1nc(NC(=O)c2ccnc3ccccc23)cc(-c2ccc(NCc3ccncc3)cc2)n1. The highest BCUT2D eigenvalue weighted by Crippen LogP contribution is 2.25. The lowest BCUT2D eigenvalue weighted by molar-refractivity contribution is 0.102. The van der Waals surface area contributed by atoms with Crippen LogP contribution >= 0.6 is 11.8 Å². The molecule has 3 heterocycles. The van der Waals surface area contributed by atoms with E-state index in [0.717, 1.165) is 33.4 Å². The summed E-state index contributed by atoms with van der Waals surface area (Å²) in [6.45, 7) is 0.714. The molecule has 2 aromatic carbocycles. The van der Waals surface area contributed by atoms with Crippen molar-refractivity contribution in [3.63, 3.8) is 0 Å². The number of nitrogens with zero attached hydrogens (tertiary/aromatic N) is 4. The molecule has 3 aromatic heterocycles. The van der Waals surface area contributed by atoms with E-state index in [1.54, 1.807) is 30.7 Å². The number of hydrogen-bond donors (Lipinski definition) is 2. The maximum absolute atomic E-state index is 13.1. The van der Waals surface area contributed by atoms with Gasteiger partial charge in [-0.2, -0.15) is 0 Å². The van der Waals surface area contributed by atoms with Gasteiger partial charge in [-0.1, -0.05) is 42.1 Å². The Morgan fingerprint density at radius 1 is 0.914 bits per heavy atom. The monoisotopic (exact) mass is 478 g/mol. The van der Waals surface area contributed by atoms with Crippen molar-refractivity contribution in [1.82, 2.24) is 19.9 Å². The average molecular weight is 479 g/mol. The van der Waals surface area contributed by atoms with Crippen molar-refractivity contribution in [3.05, 3.63) is 103 Å². The fourth-order valence-electron chi connectivity index (χ4n) is 3.67. The van der Waals surface area contributed by atoms with Crippen LogP contribution in [-0.2, 0) is 6.54 Å². The van der Waals surface area contributed by atoms with Gasteiger partial charge in [0.2, 0.25) is 0 Å². The maximum Gasteiger partial charge on any atom is 0.257 e. The van der Waals surface area contributed by atoms with Crippen LogP contribution in [0.15, 0.2) is 96.5 Å². The zero-order valence-corrected chi connectivity index (χ0v) is 19.8. The molecule has 0 unspecified atom stereocenters. The van der Waals surface area contributed by atoms with E-state index in [2.05, 4.69) is 30.6 Å². The van der Waals surface area contributed by atoms with Gasteiger partial charge in [-0.15, -0.1) is 0 Å². The number of hydrogen-bond acceptors (Lipinski definition) is 7. The molecule has 0 radical (unpaired) electrons. The minimum atomic E-state index is -0.240. The fourth-order valence-corrected chi connectivity index (χ4v) is 4.05. The number of fused-ring (bicyclic) bond motifs is 1. The standard InChI is InChI=1S/C27H22N6OS/c1-35-27-31-24(19-6-8-20(9-7-19)30-17-18-10-13-28-14-11-18)16-25(33-27)32-26(34)22-12-15-29-23-5-3-2-4-21(22)23/h2-16,30H,17H2,1H3,(H,31,32,33,34). The van der Waals surface area contributed by atoms with E-state index in [4.69, 9.17) is 0 Å². The highest BCUT2D eigenvalue weighted by atomic mass is 32.2. The maximum atomic E-state index is 13.1. The first-order valence-corrected chi connectivity index (χ1v) is 12.2. The molecule has 5 rings (SSSR count). The molecule has 0 bridgehead atoms. The van der Waals surface area contributed by atoms with Gasteiger partial charge in [0.05, 0.1) is 16.8 Å². The van der Waals surface area contributed by atoms with E-state index < -0.39 is 0 Å². The second kappa shape index (κ2) is 10.3. The molecular formula is C27H22N6OS. The lowest BCUT2D eigenvalue weighted by Gasteiger charge is -2.11. The Labute approximate surface area is 207 Å². The number of carbonyl (C=O) groups is 1. The van der Waals surface area contributed by atoms with Crippen LogP contribution in [0.3, 0.4) is 0 Å². The number of pyridine rings is 2. The summed E-state index contributed by atoms with van der Waals surface area (Å²) in [7, 11) is 0. The largest absolute Gasteiger partial charge is 0.381 e. The van der Waals surface area contributed by atoms with Gasteiger partial charge in [0, 0.05) is 47.8 Å². The Morgan fingerprint density at radius 2 is 1.71 bits per heavy atom. The van der Waals surface area contributed by atoms with Gasteiger partial charge >= 0.3 is 0 Å². The van der Waals surface area contributed by atoms with Gasteiger partial charge in [-0.05, 0) is 48.2 Å². The number of aromatic nitrogens is 4. The molecule has 0 aliphatic rings. The number of thioether (sulfide) groups is 1. The minimum absolute atomic E-state index is 0.240. The van der Waals surface area contributed by atoms with Gasteiger partial charge in [-0.3, -0.25) is 14.8 Å². The zero-order valence-electron chi connectivity index (χ0n) is 19.0. The Hall–Kier alpha value is -4.30. The lowest BCUT2D eigenvalue weighted by Crippen LogP contribution is -2.14. The lowest BCUT2D eigenvalue weighted by atomic mass is 10.1. The molecule has 0 spiro atoms. The Kier molecular flexibility index (Phi) is 6.63. The predicted octanol–water partition coefficient (Wildman–Crippen LogP) is 5.67. The Balaban J connectivity index is 1.36. The van der Waals surface area contributed by atoms with Gasteiger partial charge in [0.25, 0.3) is 5.91 Å². The van der Waals surface area contributed by atoms with Crippen molar-refractivity contribution in [2.45, 2.75) is 11.7 Å². The fraction of sp³-hybridized carbons (Fsp3) is 0.0741. The van der Waals surface area contributed by atoms with Gasteiger partial charge < -0.3 is 10.6 Å². The van der Waals surface area contributed by atoms with Crippen molar-refractivity contribution >= 4 is 40.1 Å². The summed E-state index contributed by atoms with van der Waals surface area (Å²) in [5, 5.41) is 7.72. The van der Waals surface area contributed by atoms with E-state index in [1.165, 1.54) is 11.8 Å². The number of anilines is 2. The summed E-state index contributed by atoms with van der Waals surface area (Å²) in [5.41, 5.74) is 5.15. The third-order valence-corrected chi connectivity index (χ3v) is 6.00. The summed E-state index contributed by atoms with van der Waals surface area (Å²) in [6.07, 6.45) is 7.12. The highest BCUT2D eigenvalue weighted by Gasteiger charge is 2.13. The van der Waals surface area contributed by atoms with Crippen LogP contribution in [0.25, 0.3) is 22.2 Å². The number of para-hydroxylation sites is 1. The quantitative estimate of drug-likeness (QED) is 0.230. The summed E-state index contributed by atoms with van der Waals surface area (Å²) in [4.78, 5) is 30.6. The molecular weight excluding hydrogens is 456 g/mol. The van der Waals surface area contributed by atoms with Crippen LogP contribution < -0.4 is 10.6 Å². The number of benzene rings is 2. The third kappa shape index (κ3) is 5.28. The minimum Gasteiger partial charge on any atom is -0.381 e. The van der Waals surface area contributed by atoms with Crippen molar-refractivity contribution in [3.8, 4) is 11.3 Å². The van der Waals surface area contributed by atoms with Gasteiger partial charge in [-0.25, -0.2) is 9.97 Å². The van der Waals surface area contributed by atoms with Crippen LogP contribution in [0.4, 0.5) is 11.5 Å². The van der Waals surface area contributed by atoms with Crippen LogP contribution in [0.1, 0.15) is 15.9 Å². The van der Waals surface area contributed by atoms with Gasteiger partial charge in [0.1, 0.15) is 5.82 Å². The second-order valence-electron chi connectivity index (χ2n) is 7.74. The second-order valence-corrected chi connectivity index (χ2v) is 8.51. The Bertz CT molecular complexity index is 1470. The Morgan fingerprint density at radius 3 is 2.51 bits per heavy atom. The van der Waals surface area contributed by atoms with E-state index in [0.29, 0.717) is 23.1 Å². The smallest absolute Gasteiger partial charge is 0.257 e. The van der Waals surface area contributed by atoms with E-state index >= 15 is 0 Å². The molecule has 0 atom stereocenters.